The summed E-state index contributed by atoms with van der Waals surface area (Å²) in [6.45, 7) is 12.4. The first-order valence-corrected chi connectivity index (χ1v) is 19.6. The van der Waals surface area contributed by atoms with Crippen LogP contribution in [-0.2, 0) is 35.4 Å². The number of nitrogens with zero attached hydrogens (tertiary/aromatic N) is 7. The quantitative estimate of drug-likeness (QED) is 0.0868. The van der Waals surface area contributed by atoms with E-state index in [4.69, 9.17) is 9.47 Å². The molecule has 0 saturated carbocycles. The van der Waals surface area contributed by atoms with Crippen molar-refractivity contribution in [3.05, 3.63) is 73.0 Å². The van der Waals surface area contributed by atoms with Crippen LogP contribution in [0.3, 0.4) is 0 Å². The zero-order chi connectivity index (χ0) is 37.5. The number of hydrogen-bond donors (Lipinski definition) is 1. The van der Waals surface area contributed by atoms with Crippen molar-refractivity contribution in [2.75, 3.05) is 44.4 Å². The number of ether oxygens (including phenoxy) is 2. The van der Waals surface area contributed by atoms with Gasteiger partial charge in [0.25, 0.3) is 0 Å². The van der Waals surface area contributed by atoms with Crippen LogP contribution in [0, 0.1) is 11.3 Å². The molecule has 1 amide bonds. The number of hydrogen-bond acceptors (Lipinski definition) is 11. The summed E-state index contributed by atoms with van der Waals surface area (Å²) < 4.78 is 40.7. The zero-order valence-electron chi connectivity index (χ0n) is 29.9. The van der Waals surface area contributed by atoms with Crippen LogP contribution in [0.1, 0.15) is 52.5 Å². The second kappa shape index (κ2) is 16.4. The lowest BCUT2D eigenvalue weighted by molar-refractivity contribution is -0.117. The van der Waals surface area contributed by atoms with Gasteiger partial charge in [0.1, 0.15) is 17.5 Å². The van der Waals surface area contributed by atoms with Gasteiger partial charge < -0.3 is 14.8 Å². The molecule has 16 heteroatoms. The first-order valence-electron chi connectivity index (χ1n) is 17.0. The van der Waals surface area contributed by atoms with Crippen molar-refractivity contribution in [1.29, 1.82) is 5.26 Å². The number of thioether (sulfide) groups is 1. The minimum absolute atomic E-state index is 0.0121. The molecule has 1 aliphatic rings. The van der Waals surface area contributed by atoms with Gasteiger partial charge in [0, 0.05) is 60.1 Å². The van der Waals surface area contributed by atoms with Crippen molar-refractivity contribution >= 4 is 44.8 Å². The Kier molecular flexibility index (Phi) is 12.2. The molecule has 5 rings (SSSR count). The highest BCUT2D eigenvalue weighted by atomic mass is 32.2. The summed E-state index contributed by atoms with van der Waals surface area (Å²) >= 11 is 1.74. The van der Waals surface area contributed by atoms with E-state index in [-0.39, 0.29) is 31.2 Å². The smallest absolute Gasteiger partial charge is 0.420 e. The maximum absolute atomic E-state index is 13.5. The second-order valence-corrected chi connectivity index (χ2v) is 16.6. The molecule has 14 nitrogen and oxygen atoms in total. The fourth-order valence-corrected chi connectivity index (χ4v) is 7.92. The van der Waals surface area contributed by atoms with Crippen LogP contribution in [-0.4, -0.2) is 93.4 Å². The molecule has 4 aromatic rings. The highest BCUT2D eigenvalue weighted by Gasteiger charge is 2.49. The van der Waals surface area contributed by atoms with Gasteiger partial charge in [0.05, 0.1) is 36.7 Å². The average Bonchev–Trinajstić information content (AvgIpc) is 3.77. The number of nitriles is 1. The first kappa shape index (κ1) is 38.7. The fourth-order valence-electron chi connectivity index (χ4n) is 5.77. The monoisotopic (exact) mass is 748 g/mol. The molecule has 0 spiro atoms. The third-order valence-electron chi connectivity index (χ3n) is 8.89. The predicted molar refractivity (Wildman–Crippen MR) is 198 cm³/mol. The molecule has 1 aromatic carbocycles. The summed E-state index contributed by atoms with van der Waals surface area (Å²) in [5.74, 6) is 0.762. The SMILES string of the molecule is C=C(C)C(=O)NCCOCCCCSc1ccc(C(C)(C)OC(=O)n2ccc3c(-c4cnn(C5(CC#N)CN(S(=O)(=O)CC)C5)c4)ncnc32)cc1. The summed E-state index contributed by atoms with van der Waals surface area (Å²) in [6.07, 6.45) is 7.73. The Labute approximate surface area is 308 Å². The first-order chi connectivity index (χ1) is 24.8. The molecule has 0 unspecified atom stereocenters. The second-order valence-electron chi connectivity index (χ2n) is 13.2. The Hall–Kier alpha value is -4.56. The van der Waals surface area contributed by atoms with Gasteiger partial charge in [-0.05, 0) is 70.1 Å². The van der Waals surface area contributed by atoms with E-state index in [2.05, 4.69) is 33.0 Å². The molecule has 3 aromatic heterocycles. The zero-order valence-corrected chi connectivity index (χ0v) is 31.5. The van der Waals surface area contributed by atoms with Gasteiger partial charge >= 0.3 is 6.09 Å². The Balaban J connectivity index is 1.16. The molecule has 1 fully saturated rings. The predicted octanol–water partition coefficient (Wildman–Crippen LogP) is 5.07. The highest BCUT2D eigenvalue weighted by Crippen LogP contribution is 2.36. The fraction of sp³-hybridized carbons (Fsp3) is 0.444. The van der Waals surface area contributed by atoms with Gasteiger partial charge in [-0.1, -0.05) is 18.7 Å². The molecule has 0 aliphatic carbocycles. The number of carbonyl (C=O) groups excluding carboxylic acids is 2. The van der Waals surface area contributed by atoms with Gasteiger partial charge in [-0.2, -0.15) is 14.7 Å². The molecule has 276 valence electrons. The Morgan fingerprint density at radius 1 is 1.13 bits per heavy atom. The molecule has 0 atom stereocenters. The van der Waals surface area contributed by atoms with E-state index in [1.807, 2.05) is 38.1 Å². The van der Waals surface area contributed by atoms with Crippen molar-refractivity contribution < 1.29 is 27.5 Å². The normalized spacial score (nSPS) is 14.4. The number of benzene rings is 1. The largest absolute Gasteiger partial charge is 0.438 e. The lowest BCUT2D eigenvalue weighted by Gasteiger charge is -2.47. The molecule has 1 N–H and O–H groups in total. The third-order valence-corrected chi connectivity index (χ3v) is 11.8. The van der Waals surface area contributed by atoms with E-state index in [0.717, 1.165) is 29.1 Å². The average molecular weight is 749 g/mol. The summed E-state index contributed by atoms with van der Waals surface area (Å²) in [5.41, 5.74) is 1.14. The van der Waals surface area contributed by atoms with E-state index >= 15 is 0 Å². The van der Waals surface area contributed by atoms with Crippen molar-refractivity contribution in [3.8, 4) is 17.3 Å². The van der Waals surface area contributed by atoms with Crippen LogP contribution in [0.25, 0.3) is 22.3 Å². The van der Waals surface area contributed by atoms with Crippen LogP contribution in [0.4, 0.5) is 4.79 Å². The maximum atomic E-state index is 13.5. The third kappa shape index (κ3) is 8.72. The van der Waals surface area contributed by atoms with Crippen molar-refractivity contribution in [1.82, 2.24) is 33.9 Å². The van der Waals surface area contributed by atoms with Crippen LogP contribution >= 0.6 is 11.8 Å². The Morgan fingerprint density at radius 3 is 2.58 bits per heavy atom. The number of sulfonamides is 1. The van der Waals surface area contributed by atoms with Crippen LogP contribution in [0.15, 0.2) is 72.3 Å². The lowest BCUT2D eigenvalue weighted by atomic mass is 9.89. The van der Waals surface area contributed by atoms with Gasteiger partial charge in [-0.25, -0.2) is 27.7 Å². The van der Waals surface area contributed by atoms with E-state index in [1.54, 1.807) is 54.9 Å². The highest BCUT2D eigenvalue weighted by molar-refractivity contribution is 7.99. The van der Waals surface area contributed by atoms with E-state index < -0.39 is 27.3 Å². The minimum atomic E-state index is -3.38. The van der Waals surface area contributed by atoms with Crippen molar-refractivity contribution in [3.63, 3.8) is 0 Å². The van der Waals surface area contributed by atoms with E-state index in [0.29, 0.717) is 47.6 Å². The molecule has 0 bridgehead atoms. The van der Waals surface area contributed by atoms with Crippen LogP contribution in [0.2, 0.25) is 0 Å². The van der Waals surface area contributed by atoms with E-state index in [1.165, 1.54) is 15.2 Å². The van der Waals surface area contributed by atoms with Crippen molar-refractivity contribution in [2.24, 2.45) is 0 Å². The van der Waals surface area contributed by atoms with Crippen LogP contribution in [0.5, 0.6) is 0 Å². The number of nitrogens with one attached hydrogen (secondary N) is 1. The molecule has 52 heavy (non-hydrogen) atoms. The number of aromatic nitrogens is 5. The Bertz CT molecular complexity index is 2060. The Morgan fingerprint density at radius 2 is 1.88 bits per heavy atom. The molecule has 4 heterocycles. The minimum Gasteiger partial charge on any atom is -0.438 e. The topological polar surface area (TPSA) is 174 Å². The summed E-state index contributed by atoms with van der Waals surface area (Å²) in [4.78, 5) is 34.9. The summed E-state index contributed by atoms with van der Waals surface area (Å²) in [6, 6.07) is 11.9. The standard InChI is InChI=1S/C36H44N8O6S2/c1-6-52(47,48)42-23-36(24-42,14-15-37)44-22-27(21-41-44)31-30-13-17-43(32(30)40-25-39-31)34(46)50-35(4,5)28-9-11-29(12-10-28)51-20-8-7-18-49-19-16-38-33(45)26(2)3/h9-13,17,21-22,25H,2,6-8,14,16,18-20,23-24H2,1,3-5H3,(H,38,45). The number of fused-ring (bicyclic) bond motifs is 1. The van der Waals surface area contributed by atoms with Crippen LogP contribution < -0.4 is 5.32 Å². The molecule has 1 aliphatic heterocycles. The lowest BCUT2D eigenvalue weighted by Crippen LogP contribution is -2.64. The van der Waals surface area contributed by atoms with Gasteiger partial charge in [0.15, 0.2) is 5.65 Å². The maximum Gasteiger partial charge on any atom is 0.420 e. The number of rotatable bonds is 17. The molecular formula is C36H44N8O6S2. The van der Waals surface area contributed by atoms with Gasteiger partial charge in [-0.3, -0.25) is 9.48 Å². The van der Waals surface area contributed by atoms with E-state index in [9.17, 15) is 23.3 Å². The van der Waals surface area contributed by atoms with Gasteiger partial charge in [0.2, 0.25) is 15.9 Å². The number of amides is 1. The summed E-state index contributed by atoms with van der Waals surface area (Å²) in [7, 11) is -3.38. The number of carbonyl (C=O) groups is 2. The van der Waals surface area contributed by atoms with Gasteiger partial charge in [-0.15, -0.1) is 11.8 Å². The van der Waals surface area contributed by atoms with Crippen molar-refractivity contribution in [2.45, 2.75) is 63.0 Å². The molecule has 0 radical (unpaired) electrons. The molecular weight excluding hydrogens is 705 g/mol. The summed E-state index contributed by atoms with van der Waals surface area (Å²) in [5, 5.41) is 17.4. The molecule has 1 saturated heterocycles. The number of unbranched alkanes of at least 4 members (excludes halogenated alkanes) is 1.